The van der Waals surface area contributed by atoms with E-state index in [0.29, 0.717) is 11.1 Å². The molecular formula is C16H16N4O3. The summed E-state index contributed by atoms with van der Waals surface area (Å²) in [5.41, 5.74) is 1.81. The first-order chi connectivity index (χ1) is 11.1. The molecule has 0 saturated carbocycles. The Hall–Kier alpha value is -2.96. The fourth-order valence-corrected chi connectivity index (χ4v) is 2.37. The van der Waals surface area contributed by atoms with Crippen molar-refractivity contribution in [3.05, 3.63) is 59.1 Å². The van der Waals surface area contributed by atoms with Crippen molar-refractivity contribution in [2.75, 3.05) is 7.05 Å². The van der Waals surface area contributed by atoms with Gasteiger partial charge in [-0.3, -0.25) is 9.36 Å². The molecule has 0 aliphatic rings. The molecule has 7 heteroatoms. The van der Waals surface area contributed by atoms with E-state index in [2.05, 4.69) is 9.97 Å². The molecule has 0 aliphatic carbocycles. The quantitative estimate of drug-likeness (QED) is 0.731. The molecule has 0 radical (unpaired) electrons. The van der Waals surface area contributed by atoms with Crippen LogP contribution in [0.4, 0.5) is 0 Å². The number of benzene rings is 1. The molecule has 7 nitrogen and oxygen atoms in total. The maximum Gasteiger partial charge on any atom is 0.420 e. The number of para-hydroxylation sites is 2. The van der Waals surface area contributed by atoms with E-state index >= 15 is 0 Å². The molecule has 2 heterocycles. The predicted molar refractivity (Wildman–Crippen MR) is 83.7 cm³/mol. The third kappa shape index (κ3) is 2.85. The smallest absolute Gasteiger partial charge is 0.408 e. The average Bonchev–Trinajstić information content (AvgIpc) is 2.90. The van der Waals surface area contributed by atoms with E-state index < -0.39 is 5.76 Å². The Labute approximate surface area is 132 Å². The molecule has 0 aliphatic heterocycles. The van der Waals surface area contributed by atoms with Crippen LogP contribution in [0.2, 0.25) is 0 Å². The van der Waals surface area contributed by atoms with E-state index in [1.807, 2.05) is 6.92 Å². The van der Waals surface area contributed by atoms with Crippen LogP contribution in [-0.2, 0) is 11.3 Å². The molecule has 23 heavy (non-hydrogen) atoms. The van der Waals surface area contributed by atoms with Crippen LogP contribution in [-0.4, -0.2) is 32.4 Å². The number of fused-ring (bicyclic) bond motifs is 1. The second kappa shape index (κ2) is 6.04. The van der Waals surface area contributed by atoms with E-state index in [1.54, 1.807) is 48.5 Å². The Morgan fingerprint density at radius 3 is 2.87 bits per heavy atom. The van der Waals surface area contributed by atoms with Crippen LogP contribution in [0.25, 0.3) is 11.1 Å². The van der Waals surface area contributed by atoms with E-state index in [0.717, 1.165) is 5.69 Å². The van der Waals surface area contributed by atoms with Gasteiger partial charge in [-0.2, -0.15) is 0 Å². The highest BCUT2D eigenvalue weighted by Crippen LogP contribution is 2.17. The van der Waals surface area contributed by atoms with Crippen LogP contribution < -0.4 is 5.76 Å². The molecule has 2 aromatic heterocycles. The van der Waals surface area contributed by atoms with Crippen molar-refractivity contribution in [1.29, 1.82) is 0 Å². The van der Waals surface area contributed by atoms with Crippen LogP contribution in [0, 0.1) is 0 Å². The van der Waals surface area contributed by atoms with Crippen LogP contribution in [0.15, 0.2) is 52.1 Å². The summed E-state index contributed by atoms with van der Waals surface area (Å²) in [5, 5.41) is 0. The lowest BCUT2D eigenvalue weighted by atomic mass is 10.2. The largest absolute Gasteiger partial charge is 0.420 e. The number of aromatic nitrogens is 3. The van der Waals surface area contributed by atoms with Crippen LogP contribution in [0.5, 0.6) is 0 Å². The van der Waals surface area contributed by atoms with Crippen molar-refractivity contribution >= 4 is 17.0 Å². The highest BCUT2D eigenvalue weighted by Gasteiger charge is 2.20. The van der Waals surface area contributed by atoms with Gasteiger partial charge >= 0.3 is 5.76 Å². The number of hydrogen-bond donors (Lipinski definition) is 0. The summed E-state index contributed by atoms with van der Waals surface area (Å²) in [7, 11) is 1.68. The van der Waals surface area contributed by atoms with Gasteiger partial charge in [0.1, 0.15) is 12.9 Å². The molecule has 118 valence electrons. The van der Waals surface area contributed by atoms with Crippen molar-refractivity contribution in [3.8, 4) is 0 Å². The number of nitrogens with zero attached hydrogens (tertiary/aromatic N) is 4. The predicted octanol–water partition coefficient (Wildman–Crippen LogP) is 1.60. The minimum absolute atomic E-state index is 0.0816. The monoisotopic (exact) mass is 312 g/mol. The highest BCUT2D eigenvalue weighted by molar-refractivity contribution is 5.79. The van der Waals surface area contributed by atoms with Crippen molar-refractivity contribution in [2.24, 2.45) is 0 Å². The maximum atomic E-state index is 12.5. The molecular weight excluding hydrogens is 296 g/mol. The minimum atomic E-state index is -0.539. The fourth-order valence-electron chi connectivity index (χ4n) is 2.37. The highest BCUT2D eigenvalue weighted by atomic mass is 16.4. The first-order valence-corrected chi connectivity index (χ1v) is 7.18. The van der Waals surface area contributed by atoms with E-state index in [4.69, 9.17) is 4.42 Å². The number of amides is 1. The molecule has 0 unspecified atom stereocenters. The van der Waals surface area contributed by atoms with Crippen molar-refractivity contribution in [1.82, 2.24) is 19.4 Å². The van der Waals surface area contributed by atoms with Gasteiger partial charge in [0.2, 0.25) is 5.91 Å². The SMILES string of the molecule is C[C@@H](c1ccncn1)N(C)C(=O)Cn1c(=O)oc2ccccc21. The van der Waals surface area contributed by atoms with Crippen LogP contribution >= 0.6 is 0 Å². The summed E-state index contributed by atoms with van der Waals surface area (Å²) in [6.45, 7) is 1.79. The van der Waals surface area contributed by atoms with Gasteiger partial charge in [-0.1, -0.05) is 12.1 Å². The third-order valence-corrected chi connectivity index (χ3v) is 3.87. The van der Waals surface area contributed by atoms with Gasteiger partial charge in [-0.25, -0.2) is 14.8 Å². The van der Waals surface area contributed by atoms with Crippen molar-refractivity contribution < 1.29 is 9.21 Å². The van der Waals surface area contributed by atoms with Crippen molar-refractivity contribution in [2.45, 2.75) is 19.5 Å². The number of carbonyl (C=O) groups is 1. The van der Waals surface area contributed by atoms with Crippen molar-refractivity contribution in [3.63, 3.8) is 0 Å². The lowest BCUT2D eigenvalue weighted by molar-refractivity contribution is -0.132. The number of oxazole rings is 1. The third-order valence-electron chi connectivity index (χ3n) is 3.87. The molecule has 3 aromatic rings. The first-order valence-electron chi connectivity index (χ1n) is 7.18. The summed E-state index contributed by atoms with van der Waals surface area (Å²) in [4.78, 5) is 34.0. The molecule has 1 aromatic carbocycles. The summed E-state index contributed by atoms with van der Waals surface area (Å²) in [6.07, 6.45) is 3.07. The lowest BCUT2D eigenvalue weighted by Gasteiger charge is -2.24. The fraction of sp³-hybridized carbons (Fsp3) is 0.250. The topological polar surface area (TPSA) is 81.2 Å². The van der Waals surface area contributed by atoms with Gasteiger partial charge in [0.05, 0.1) is 17.3 Å². The normalized spacial score (nSPS) is 12.3. The number of carbonyl (C=O) groups excluding carboxylic acids is 1. The van der Waals surface area contributed by atoms with E-state index in [-0.39, 0.29) is 18.5 Å². The average molecular weight is 312 g/mol. The number of hydrogen-bond acceptors (Lipinski definition) is 5. The second-order valence-electron chi connectivity index (χ2n) is 5.24. The van der Waals surface area contributed by atoms with Gasteiger partial charge in [0.25, 0.3) is 0 Å². The minimum Gasteiger partial charge on any atom is -0.408 e. The molecule has 1 atom stereocenters. The number of rotatable bonds is 4. The van der Waals surface area contributed by atoms with Gasteiger partial charge in [0, 0.05) is 13.2 Å². The number of likely N-dealkylation sites (N-methyl/N-ethyl adjacent to an activating group) is 1. The zero-order valence-corrected chi connectivity index (χ0v) is 12.8. The Morgan fingerprint density at radius 2 is 2.13 bits per heavy atom. The lowest BCUT2D eigenvalue weighted by Crippen LogP contribution is -2.34. The molecule has 1 amide bonds. The summed E-state index contributed by atoms with van der Waals surface area (Å²) in [5.74, 6) is -0.743. The van der Waals surface area contributed by atoms with E-state index in [9.17, 15) is 9.59 Å². The molecule has 3 rings (SSSR count). The van der Waals surface area contributed by atoms with Gasteiger partial charge < -0.3 is 9.32 Å². The molecule has 0 N–H and O–H groups in total. The summed E-state index contributed by atoms with van der Waals surface area (Å²) < 4.78 is 6.48. The van der Waals surface area contributed by atoms with E-state index in [1.165, 1.54) is 10.9 Å². The molecule has 0 spiro atoms. The first kappa shape index (κ1) is 15.0. The van der Waals surface area contributed by atoms with Crippen LogP contribution in [0.1, 0.15) is 18.7 Å². The Morgan fingerprint density at radius 1 is 1.35 bits per heavy atom. The maximum absolute atomic E-state index is 12.5. The zero-order valence-electron chi connectivity index (χ0n) is 12.8. The molecule has 0 fully saturated rings. The zero-order chi connectivity index (χ0) is 16.4. The van der Waals surface area contributed by atoms with Gasteiger partial charge in [-0.05, 0) is 25.1 Å². The molecule has 0 saturated heterocycles. The summed E-state index contributed by atoms with van der Waals surface area (Å²) in [6, 6.07) is 8.56. The molecule has 0 bridgehead atoms. The second-order valence-corrected chi connectivity index (χ2v) is 5.24. The van der Waals surface area contributed by atoms with Crippen LogP contribution in [0.3, 0.4) is 0 Å². The summed E-state index contributed by atoms with van der Waals surface area (Å²) >= 11 is 0. The Balaban J connectivity index is 1.83. The van der Waals surface area contributed by atoms with Gasteiger partial charge in [0.15, 0.2) is 5.58 Å². The standard InChI is InChI=1S/C16H16N4O3/c1-11(12-7-8-17-10-18-12)19(2)15(21)9-20-13-5-3-4-6-14(13)23-16(20)22/h3-8,10-11H,9H2,1-2H3/t11-/m0/s1. The Kier molecular flexibility index (Phi) is 3.92. The van der Waals surface area contributed by atoms with Gasteiger partial charge in [-0.15, -0.1) is 0 Å². The Bertz CT molecular complexity index is 885.